The first kappa shape index (κ1) is 20.7. The van der Waals surface area contributed by atoms with Crippen LogP contribution in [0.2, 0.25) is 0 Å². The van der Waals surface area contributed by atoms with Crippen LogP contribution in [-0.2, 0) is 0 Å². The second-order valence-corrected chi connectivity index (χ2v) is 7.65. The second kappa shape index (κ2) is 9.47. The summed E-state index contributed by atoms with van der Waals surface area (Å²) in [4.78, 5) is 27.1. The molecule has 3 rings (SSSR count). The average molecular weight is 393 g/mol. The van der Waals surface area contributed by atoms with Gasteiger partial charge in [0.1, 0.15) is 0 Å². The molecule has 0 spiro atoms. The van der Waals surface area contributed by atoms with E-state index < -0.39 is 0 Å². The summed E-state index contributed by atoms with van der Waals surface area (Å²) in [6.07, 6.45) is 1.75. The van der Waals surface area contributed by atoms with Crippen LogP contribution in [0.4, 0.5) is 5.69 Å². The second-order valence-electron chi connectivity index (χ2n) is 7.65. The largest absolute Gasteiger partial charge is 0.322 e. The fraction of sp³-hybridized carbons (Fsp3) is 0.348. The van der Waals surface area contributed by atoms with Crippen molar-refractivity contribution in [1.29, 1.82) is 0 Å². The molecule has 6 nitrogen and oxygen atoms in total. The topological polar surface area (TPSA) is 73.8 Å². The molecule has 1 aliphatic heterocycles. The van der Waals surface area contributed by atoms with Crippen LogP contribution in [0.1, 0.15) is 53.0 Å². The molecular weight excluding hydrogens is 364 g/mol. The Labute approximate surface area is 172 Å². The van der Waals surface area contributed by atoms with E-state index in [9.17, 15) is 9.59 Å². The summed E-state index contributed by atoms with van der Waals surface area (Å²) in [6.45, 7) is 8.28. The van der Waals surface area contributed by atoms with Gasteiger partial charge in [0.05, 0.1) is 0 Å². The van der Waals surface area contributed by atoms with Gasteiger partial charge in [0.2, 0.25) is 0 Å². The number of carbonyl (C=O) groups is 2. The zero-order valence-corrected chi connectivity index (χ0v) is 17.2. The van der Waals surface area contributed by atoms with Crippen molar-refractivity contribution < 1.29 is 9.59 Å². The van der Waals surface area contributed by atoms with Crippen LogP contribution in [0, 0.1) is 6.92 Å². The molecule has 29 heavy (non-hydrogen) atoms. The fourth-order valence-corrected chi connectivity index (χ4v) is 3.30. The monoisotopic (exact) mass is 392 g/mol. The number of nitrogens with zero attached hydrogens (tertiary/aromatic N) is 2. The lowest BCUT2D eigenvalue weighted by Gasteiger charge is -2.30. The first-order chi connectivity index (χ1) is 13.9. The Morgan fingerprint density at radius 2 is 1.66 bits per heavy atom. The van der Waals surface area contributed by atoms with Gasteiger partial charge in [-0.15, -0.1) is 0 Å². The van der Waals surface area contributed by atoms with Crippen molar-refractivity contribution in [2.45, 2.75) is 39.7 Å². The van der Waals surface area contributed by atoms with Gasteiger partial charge in [-0.1, -0.05) is 17.7 Å². The van der Waals surface area contributed by atoms with Crippen molar-refractivity contribution in [3.63, 3.8) is 0 Å². The van der Waals surface area contributed by atoms with Gasteiger partial charge in [0.25, 0.3) is 11.8 Å². The van der Waals surface area contributed by atoms with E-state index in [-0.39, 0.29) is 11.8 Å². The van der Waals surface area contributed by atoms with Crippen LogP contribution in [0.15, 0.2) is 53.6 Å². The number of aryl methyl sites for hydroxylation is 1. The minimum Gasteiger partial charge on any atom is -0.322 e. The Hall–Kier alpha value is -2.99. The van der Waals surface area contributed by atoms with Gasteiger partial charge < -0.3 is 10.2 Å². The normalized spacial score (nSPS) is 14.6. The molecule has 1 saturated heterocycles. The number of hydrogen-bond donors (Lipinski definition) is 2. The third-order valence-corrected chi connectivity index (χ3v) is 5.11. The molecule has 2 aromatic rings. The van der Waals surface area contributed by atoms with Crippen LogP contribution < -0.4 is 10.7 Å². The number of amides is 2. The molecular formula is C23H28N4O2. The third kappa shape index (κ3) is 5.74. The zero-order valence-electron chi connectivity index (χ0n) is 17.2. The Morgan fingerprint density at radius 1 is 0.966 bits per heavy atom. The van der Waals surface area contributed by atoms with Crippen LogP contribution in [0.5, 0.6) is 0 Å². The number of benzene rings is 2. The molecule has 0 unspecified atom stereocenters. The lowest BCUT2D eigenvalue weighted by molar-refractivity contribution is 0.0953. The summed E-state index contributed by atoms with van der Waals surface area (Å²) in [6, 6.07) is 14.7. The minimum atomic E-state index is -0.250. The van der Waals surface area contributed by atoms with Gasteiger partial charge in [0.15, 0.2) is 0 Å². The lowest BCUT2D eigenvalue weighted by atomic mass is 10.1. The first-order valence-electron chi connectivity index (χ1n) is 10.0. The molecule has 0 radical (unpaired) electrons. The summed E-state index contributed by atoms with van der Waals surface area (Å²) in [7, 11) is 0. The van der Waals surface area contributed by atoms with Gasteiger partial charge in [0, 0.05) is 54.5 Å². The Morgan fingerprint density at radius 3 is 2.28 bits per heavy atom. The van der Waals surface area contributed by atoms with Crippen molar-refractivity contribution in [2.24, 2.45) is 5.10 Å². The molecule has 2 amide bonds. The summed E-state index contributed by atoms with van der Waals surface area (Å²) in [5, 5.41) is 7.14. The average Bonchev–Trinajstić information content (AvgIpc) is 2.73. The van der Waals surface area contributed by atoms with E-state index in [0.717, 1.165) is 37.2 Å². The predicted octanol–water partition coefficient (Wildman–Crippen LogP) is 3.84. The summed E-state index contributed by atoms with van der Waals surface area (Å²) in [5.41, 5.74) is 6.45. The highest BCUT2D eigenvalue weighted by Crippen LogP contribution is 2.13. The lowest BCUT2D eigenvalue weighted by Crippen LogP contribution is -2.39. The smallest absolute Gasteiger partial charge is 0.271 e. The van der Waals surface area contributed by atoms with Gasteiger partial charge >= 0.3 is 0 Å². The van der Waals surface area contributed by atoms with E-state index >= 15 is 0 Å². The van der Waals surface area contributed by atoms with E-state index in [4.69, 9.17) is 0 Å². The first-order valence-corrected chi connectivity index (χ1v) is 10.0. The Bertz CT molecular complexity index is 893. The third-order valence-electron chi connectivity index (χ3n) is 5.11. The van der Waals surface area contributed by atoms with Crippen LogP contribution in [-0.4, -0.2) is 41.6 Å². The van der Waals surface area contributed by atoms with Crippen molar-refractivity contribution in [2.75, 3.05) is 18.4 Å². The quantitative estimate of drug-likeness (QED) is 0.760. The van der Waals surface area contributed by atoms with Crippen LogP contribution >= 0.6 is 0 Å². The summed E-state index contributed by atoms with van der Waals surface area (Å²) < 4.78 is 0. The maximum Gasteiger partial charge on any atom is 0.271 e. The highest BCUT2D eigenvalue weighted by Gasteiger charge is 2.17. The number of anilines is 1. The Balaban J connectivity index is 1.54. The van der Waals surface area contributed by atoms with Gasteiger partial charge in [-0.2, -0.15) is 5.10 Å². The molecule has 1 fully saturated rings. The van der Waals surface area contributed by atoms with Crippen molar-refractivity contribution in [1.82, 2.24) is 10.3 Å². The molecule has 0 aliphatic carbocycles. The van der Waals surface area contributed by atoms with Crippen LogP contribution in [0.25, 0.3) is 0 Å². The molecule has 0 aromatic heterocycles. The van der Waals surface area contributed by atoms with Gasteiger partial charge in [-0.05, 0) is 57.2 Å². The predicted molar refractivity (Wildman–Crippen MR) is 116 cm³/mol. The highest BCUT2D eigenvalue weighted by atomic mass is 16.2. The number of rotatable bonds is 5. The molecule has 1 heterocycles. The van der Waals surface area contributed by atoms with Crippen molar-refractivity contribution >= 4 is 23.2 Å². The maximum atomic E-state index is 12.3. The van der Waals surface area contributed by atoms with Crippen molar-refractivity contribution in [3.8, 4) is 0 Å². The van der Waals surface area contributed by atoms with E-state index in [1.54, 1.807) is 30.3 Å². The molecule has 6 heteroatoms. The molecule has 0 atom stereocenters. The number of piperidine rings is 1. The summed E-state index contributed by atoms with van der Waals surface area (Å²) in [5.74, 6) is -0.426. The number of hydrazone groups is 1. The molecule has 0 saturated carbocycles. The summed E-state index contributed by atoms with van der Waals surface area (Å²) >= 11 is 0. The number of likely N-dealkylation sites (tertiary alicyclic amines) is 1. The Kier molecular flexibility index (Phi) is 6.77. The standard InChI is InChI=1S/C23H28N4O2/c1-16(2)27-13-11-21(12-14-27)25-26-23(29)18-7-9-20(10-8-18)24-22(28)19-6-4-5-17(3)15-19/h4-10,15-16H,11-14H2,1-3H3,(H,24,28)(H,26,29). The van der Waals surface area contributed by atoms with Crippen molar-refractivity contribution in [3.05, 3.63) is 65.2 Å². The van der Waals surface area contributed by atoms with E-state index in [0.29, 0.717) is 22.9 Å². The van der Waals surface area contributed by atoms with E-state index in [1.165, 1.54) is 0 Å². The van der Waals surface area contributed by atoms with E-state index in [1.807, 2.05) is 25.1 Å². The van der Waals surface area contributed by atoms with Gasteiger partial charge in [-0.25, -0.2) is 5.43 Å². The molecule has 2 aromatic carbocycles. The minimum absolute atomic E-state index is 0.176. The molecule has 152 valence electrons. The van der Waals surface area contributed by atoms with Gasteiger partial charge in [-0.3, -0.25) is 9.59 Å². The molecule has 1 aliphatic rings. The van der Waals surface area contributed by atoms with Crippen LogP contribution in [0.3, 0.4) is 0 Å². The maximum absolute atomic E-state index is 12.3. The zero-order chi connectivity index (χ0) is 20.8. The highest BCUT2D eigenvalue weighted by molar-refractivity contribution is 6.04. The molecule has 2 N–H and O–H groups in total. The molecule has 0 bridgehead atoms. The van der Waals surface area contributed by atoms with E-state index in [2.05, 4.69) is 34.6 Å². The number of nitrogens with one attached hydrogen (secondary N) is 2. The number of carbonyl (C=O) groups excluding carboxylic acids is 2. The fourth-order valence-electron chi connectivity index (χ4n) is 3.30. The SMILES string of the molecule is Cc1cccc(C(=O)Nc2ccc(C(=O)NN=C3CCN(C(C)C)CC3)cc2)c1. The number of hydrogen-bond acceptors (Lipinski definition) is 4.